The minimum Gasteiger partial charge on any atom is -0.445 e. The number of nitrogens with two attached hydrogens (primary N) is 1. The predicted molar refractivity (Wildman–Crippen MR) is 374 cm³/mol. The van der Waals surface area contributed by atoms with Crippen LogP contribution in [0.15, 0.2) is 48.6 Å². The number of benzene rings is 1. The molecule has 8 aliphatic heterocycles. The van der Waals surface area contributed by atoms with Gasteiger partial charge in [-0.05, 0) is 152 Å². The number of nitrogens with zero attached hydrogens (tertiary/aromatic N) is 1. The van der Waals surface area contributed by atoms with Crippen LogP contribution in [0.2, 0.25) is 0 Å². The summed E-state index contributed by atoms with van der Waals surface area (Å²) in [4.78, 5) is 121. The highest BCUT2D eigenvalue weighted by atomic mass is 16.7. The van der Waals surface area contributed by atoms with E-state index in [1.807, 2.05) is 0 Å². The molecule has 0 spiro atoms. The third-order valence-electron chi connectivity index (χ3n) is 21.6. The monoisotopic (exact) mass is 1450 g/mol. The van der Waals surface area contributed by atoms with Crippen LogP contribution in [0.5, 0.6) is 0 Å². The molecule has 8 saturated heterocycles. The Morgan fingerprint density at radius 3 is 2.26 bits per heavy atom. The van der Waals surface area contributed by atoms with E-state index in [4.69, 9.17) is 57.9 Å². The van der Waals surface area contributed by atoms with Crippen LogP contribution >= 0.6 is 0 Å². The van der Waals surface area contributed by atoms with Crippen LogP contribution < -0.4 is 32.3 Å². The molecule has 8 fully saturated rings. The van der Waals surface area contributed by atoms with Crippen LogP contribution in [0, 0.1) is 23.2 Å². The molecule has 9 rings (SSSR count). The molecule has 8 aliphatic rings. The van der Waals surface area contributed by atoms with E-state index in [0.29, 0.717) is 41.5 Å². The molecule has 1 aromatic rings. The number of primary amides is 1. The number of methoxy groups -OCH3 is 1. The van der Waals surface area contributed by atoms with Crippen LogP contribution in [0.3, 0.4) is 0 Å². The number of ketones is 1. The second kappa shape index (κ2) is 36.2. The molecule has 0 aliphatic carbocycles. The van der Waals surface area contributed by atoms with Gasteiger partial charge >= 0.3 is 18.1 Å². The number of nitrogens with one attached hydrogen (secondary N) is 5. The molecule has 18 atom stereocenters. The van der Waals surface area contributed by atoms with Gasteiger partial charge in [0.15, 0.2) is 5.79 Å². The van der Waals surface area contributed by atoms with Crippen molar-refractivity contribution in [3.05, 3.63) is 54.1 Å². The van der Waals surface area contributed by atoms with E-state index in [-0.39, 0.29) is 170 Å². The van der Waals surface area contributed by atoms with Crippen molar-refractivity contribution in [3.8, 4) is 0 Å². The molecule has 10 unspecified atom stereocenters. The van der Waals surface area contributed by atoms with Gasteiger partial charge in [-0.3, -0.25) is 28.8 Å². The highest BCUT2D eigenvalue weighted by molar-refractivity contribution is 6.02. The molecule has 0 aromatic heterocycles. The summed E-state index contributed by atoms with van der Waals surface area (Å²) in [5, 5.41) is 25.0. The number of rotatable bonds is 36. The van der Waals surface area contributed by atoms with Gasteiger partial charge in [-0.25, -0.2) is 14.4 Å². The molecule has 28 nitrogen and oxygen atoms in total. The summed E-state index contributed by atoms with van der Waals surface area (Å²) in [6.07, 6.45) is 6.28. The van der Waals surface area contributed by atoms with Gasteiger partial charge in [0, 0.05) is 96.2 Å². The van der Waals surface area contributed by atoms with E-state index >= 15 is 0 Å². The molecule has 1 aromatic carbocycles. The first kappa shape index (κ1) is 80.6. The number of anilines is 1. The van der Waals surface area contributed by atoms with Crippen LogP contribution in [0.1, 0.15) is 196 Å². The predicted octanol–water partition coefficient (Wildman–Crippen LogP) is 7.28. The summed E-state index contributed by atoms with van der Waals surface area (Å²) in [5.74, 6) is -4.53. The Morgan fingerprint density at radius 1 is 0.816 bits per heavy atom. The van der Waals surface area contributed by atoms with Crippen molar-refractivity contribution in [2.24, 2.45) is 28.9 Å². The minimum absolute atomic E-state index is 0.00647. The van der Waals surface area contributed by atoms with Crippen LogP contribution in [0.25, 0.3) is 0 Å². The number of amides is 8. The number of hydroxylamine groups is 2. The zero-order valence-electron chi connectivity index (χ0n) is 61.6. The first-order valence-corrected chi connectivity index (χ1v) is 37.2. The normalized spacial score (nSPS) is 30.1. The number of carbonyl (C=O) groups excluding carboxylic acids is 9. The first-order valence-electron chi connectivity index (χ1n) is 37.2. The summed E-state index contributed by atoms with van der Waals surface area (Å²) < 4.78 is 63.6. The van der Waals surface area contributed by atoms with Crippen molar-refractivity contribution < 1.29 is 100 Å². The fourth-order valence-corrected chi connectivity index (χ4v) is 15.3. The third kappa shape index (κ3) is 22.5. The number of urea groups is 1. The van der Waals surface area contributed by atoms with Crippen molar-refractivity contribution >= 4 is 59.1 Å². The number of imide groups is 1. The smallest absolute Gasteiger partial charge is 0.407 e. The fourth-order valence-electron chi connectivity index (χ4n) is 15.3. The quantitative estimate of drug-likeness (QED) is 0.0197. The lowest BCUT2D eigenvalue weighted by Crippen LogP contribution is -2.56. The number of hydrogen-bond donors (Lipinski definition) is 7. The lowest BCUT2D eigenvalue weighted by atomic mass is 9.86. The Kier molecular flexibility index (Phi) is 28.3. The number of aliphatic hydroxyl groups is 1. The van der Waals surface area contributed by atoms with E-state index < -0.39 is 101 Å². The van der Waals surface area contributed by atoms with E-state index in [1.54, 1.807) is 72.9 Å². The van der Waals surface area contributed by atoms with Crippen molar-refractivity contribution in [2.45, 2.75) is 300 Å². The van der Waals surface area contributed by atoms with Crippen LogP contribution in [0.4, 0.5) is 15.3 Å². The highest BCUT2D eigenvalue weighted by Crippen LogP contribution is 2.49. The van der Waals surface area contributed by atoms with Gasteiger partial charge in [-0.2, -0.15) is 0 Å². The zero-order valence-corrected chi connectivity index (χ0v) is 61.6. The van der Waals surface area contributed by atoms with Gasteiger partial charge in [-0.15, -0.1) is 5.06 Å². The van der Waals surface area contributed by atoms with Gasteiger partial charge in [0.1, 0.15) is 30.6 Å². The highest BCUT2D eigenvalue weighted by Gasteiger charge is 2.57. The second-order valence-electron chi connectivity index (χ2n) is 31.1. The number of carbonyl (C=O) groups is 9. The van der Waals surface area contributed by atoms with E-state index in [1.165, 1.54) is 5.57 Å². The van der Waals surface area contributed by atoms with Crippen molar-refractivity contribution in [1.82, 2.24) is 26.3 Å². The molecule has 574 valence electrons. The Bertz CT molecular complexity index is 3140. The molecule has 28 heteroatoms. The van der Waals surface area contributed by atoms with Crippen molar-refractivity contribution in [1.29, 1.82) is 0 Å². The van der Waals surface area contributed by atoms with Crippen LogP contribution in [-0.4, -0.2) is 200 Å². The number of aliphatic hydroxyl groups excluding tert-OH is 1. The molecule has 4 bridgehead atoms. The summed E-state index contributed by atoms with van der Waals surface area (Å²) in [6.45, 7) is 23.3. The van der Waals surface area contributed by atoms with Gasteiger partial charge in [-0.1, -0.05) is 46.1 Å². The molecular formula is C75H113N7O21. The number of fused-ring (bicyclic) bond motifs is 7. The lowest BCUT2D eigenvalue weighted by Gasteiger charge is -2.47. The maximum absolute atomic E-state index is 13.9. The topological polar surface area (TPSA) is 365 Å². The molecule has 0 radical (unpaired) electrons. The number of ether oxygens (including phenoxy) is 10. The van der Waals surface area contributed by atoms with E-state index in [9.17, 15) is 48.3 Å². The van der Waals surface area contributed by atoms with Crippen LogP contribution in [-0.2, 0) is 92.4 Å². The van der Waals surface area contributed by atoms with Gasteiger partial charge in [0.25, 0.3) is 11.8 Å². The molecule has 0 saturated carbocycles. The molecule has 8 N–H and O–H groups in total. The van der Waals surface area contributed by atoms with E-state index in [2.05, 4.69) is 53.6 Å². The maximum Gasteiger partial charge on any atom is 0.407 e. The average molecular weight is 1450 g/mol. The van der Waals surface area contributed by atoms with Crippen molar-refractivity contribution in [3.63, 3.8) is 0 Å². The van der Waals surface area contributed by atoms with E-state index in [0.717, 1.165) is 56.9 Å². The molecule has 8 heterocycles. The maximum atomic E-state index is 13.9. The third-order valence-corrected chi connectivity index (χ3v) is 21.6. The van der Waals surface area contributed by atoms with Gasteiger partial charge in [0.2, 0.25) is 17.7 Å². The average Bonchev–Trinajstić information content (AvgIpc) is 1.63. The minimum atomic E-state index is -1.12. The Labute approximate surface area is 604 Å². The lowest BCUT2D eigenvalue weighted by molar-refractivity contribution is -0.276. The first-order chi connectivity index (χ1) is 48.8. The molecule has 8 amide bonds. The number of alkyl carbamates (subject to hydrolysis) is 1. The Hall–Kier alpha value is -6.47. The SMILES string of the molecule is C=C1CC(CC[C@]23CCC(O2)C2CC(O3)[C@H]3OC(CC(=O)CC4CO[C@H](CC(O)CNC(=O)OCc5ccc(NC(=O)C(CCCNC(N)=O)NC(=O)[C@@H](NC(=O)CCC(C)(C)OCCC(C)(C)C(=O)ON6C(=O)CCC6=O)C(C)C)cc5)[C@@H]4OC)CCC3O2)OC1CC[C@H]1C[C@@H](C)C(=C)[C@@H](C)O1. The standard InChI is InChI=1S/C75H113N7O21/c1-42(2)65(81-62(85)26-27-74(9,10)96-32-30-73(7,8)70(90)103-82-63(86)22-23-64(82)87)69(89)80-55(13-12-31-77-71(76)91)68(88)79-49-16-14-47(15-17-49)40-95-72(92)78-39-51(84)37-60-66(93-11)48(41-94-60)35-50(83)36-53-19-21-58-67(99-53)61-38-59(100-58)57-25-29-75(101-57,102-61)28-24-54-34-44(4)56(98-54)20-18-52-33-43(3)45(5)46(6)97-52/h14-17,42-43,46,48,51-61,65-67,84H,4-5,12-13,18-41H2,1-3,6-11H3,(H,78,92)(H,79,88)(H,80,89)(H,81,85)(H3,76,77,91)/t43-,46-,48?,51?,52+,53?,54?,55?,56?,57?,58?,59?,60-,61?,65+,66-,67+,75+/m1/s1. The zero-order chi connectivity index (χ0) is 74.5. The number of hydrogen-bond acceptors (Lipinski definition) is 21. The summed E-state index contributed by atoms with van der Waals surface area (Å²) in [7, 11) is 1.56. The molecular weight excluding hydrogens is 1330 g/mol. The summed E-state index contributed by atoms with van der Waals surface area (Å²) in [6, 6.07) is 3.53. The summed E-state index contributed by atoms with van der Waals surface area (Å²) >= 11 is 0. The van der Waals surface area contributed by atoms with Gasteiger partial charge < -0.3 is 89.6 Å². The largest absolute Gasteiger partial charge is 0.445 e. The molecule has 103 heavy (non-hydrogen) atoms. The fraction of sp³-hybridized carbons (Fsp3) is 0.747. The Morgan fingerprint density at radius 2 is 1.55 bits per heavy atom. The van der Waals surface area contributed by atoms with Gasteiger partial charge in [0.05, 0.1) is 90.9 Å². The summed E-state index contributed by atoms with van der Waals surface area (Å²) in [5.41, 5.74) is 6.54. The van der Waals surface area contributed by atoms with Crippen molar-refractivity contribution in [2.75, 3.05) is 38.7 Å². The second-order valence-corrected chi connectivity index (χ2v) is 31.1. The number of Topliss-reactive ketones (excluding diaryl/α,β-unsaturated/α-hetero) is 1. The Balaban J connectivity index is 0.663.